The van der Waals surface area contributed by atoms with Gasteiger partial charge >= 0.3 is 5.91 Å². The van der Waals surface area contributed by atoms with Gasteiger partial charge < -0.3 is 9.15 Å². The molecule has 0 radical (unpaired) electrons. The van der Waals surface area contributed by atoms with Crippen LogP contribution in [0, 0.1) is 5.82 Å². The number of para-hydroxylation sites is 1. The van der Waals surface area contributed by atoms with Gasteiger partial charge in [0.05, 0.1) is 22.5 Å². The molecule has 5 rings (SSSR count). The third-order valence-electron chi connectivity index (χ3n) is 5.26. The summed E-state index contributed by atoms with van der Waals surface area (Å²) in [4.78, 5) is 34.5. The van der Waals surface area contributed by atoms with E-state index in [9.17, 15) is 14.0 Å². The molecular formula is C27H19FN4O4. The quantitative estimate of drug-likeness (QED) is 0.340. The second kappa shape index (κ2) is 10.1. The molecule has 2 N–H and O–H groups in total. The Hall–Kier alpha value is -5.05. The molecule has 0 aliphatic heterocycles. The number of rotatable bonds is 6. The summed E-state index contributed by atoms with van der Waals surface area (Å²) in [5, 5.41) is 0.627. The smallest absolute Gasteiger partial charge is 0.305 e. The lowest BCUT2D eigenvalue weighted by molar-refractivity contribution is 0.0829. The monoisotopic (exact) mass is 482 g/mol. The van der Waals surface area contributed by atoms with Crippen molar-refractivity contribution in [1.82, 2.24) is 20.8 Å². The van der Waals surface area contributed by atoms with Crippen molar-refractivity contribution in [3.05, 3.63) is 114 Å². The second-order valence-corrected chi connectivity index (χ2v) is 7.70. The summed E-state index contributed by atoms with van der Waals surface area (Å²) in [6, 6.07) is 22.9. The number of hydrogen-bond acceptors (Lipinski definition) is 6. The number of hydrazine groups is 1. The Labute approximate surface area is 204 Å². The number of halogens is 1. The van der Waals surface area contributed by atoms with Gasteiger partial charge in [0.25, 0.3) is 5.91 Å². The average Bonchev–Trinajstić information content (AvgIpc) is 3.40. The first kappa shape index (κ1) is 22.7. The lowest BCUT2D eigenvalue weighted by Crippen LogP contribution is -2.41. The molecule has 2 aromatic carbocycles. The molecule has 0 aliphatic rings. The molecule has 0 saturated heterocycles. The van der Waals surface area contributed by atoms with Crippen molar-refractivity contribution in [2.75, 3.05) is 0 Å². The number of amides is 2. The molecule has 3 aromatic heterocycles. The molecule has 0 bridgehead atoms. The Bertz CT molecular complexity index is 1540. The normalized spacial score (nSPS) is 10.7. The van der Waals surface area contributed by atoms with Gasteiger partial charge in [-0.3, -0.25) is 25.4 Å². The van der Waals surface area contributed by atoms with Gasteiger partial charge in [0.1, 0.15) is 23.9 Å². The van der Waals surface area contributed by atoms with Gasteiger partial charge in [0.2, 0.25) is 0 Å². The zero-order valence-corrected chi connectivity index (χ0v) is 18.8. The van der Waals surface area contributed by atoms with Gasteiger partial charge in [-0.2, -0.15) is 0 Å². The van der Waals surface area contributed by atoms with Crippen LogP contribution in [0.4, 0.5) is 4.39 Å². The Kier molecular flexibility index (Phi) is 6.35. The van der Waals surface area contributed by atoms with E-state index >= 15 is 0 Å². The van der Waals surface area contributed by atoms with Crippen LogP contribution >= 0.6 is 0 Å². The van der Waals surface area contributed by atoms with Crippen LogP contribution in [0.5, 0.6) is 5.75 Å². The van der Waals surface area contributed by atoms with Crippen molar-refractivity contribution in [3.63, 3.8) is 0 Å². The molecule has 2 amide bonds. The number of benzene rings is 2. The minimum Gasteiger partial charge on any atom is -0.486 e. The summed E-state index contributed by atoms with van der Waals surface area (Å²) in [5.41, 5.74) is 6.89. The number of nitrogens with zero attached hydrogens (tertiary/aromatic N) is 2. The van der Waals surface area contributed by atoms with Crippen LogP contribution in [0.25, 0.3) is 22.3 Å². The van der Waals surface area contributed by atoms with Gasteiger partial charge in [-0.1, -0.05) is 24.3 Å². The van der Waals surface area contributed by atoms with Crippen molar-refractivity contribution in [2.45, 2.75) is 6.61 Å². The van der Waals surface area contributed by atoms with Crippen molar-refractivity contribution in [2.24, 2.45) is 0 Å². The van der Waals surface area contributed by atoms with Crippen LogP contribution in [0.2, 0.25) is 0 Å². The van der Waals surface area contributed by atoms with Gasteiger partial charge in [0.15, 0.2) is 5.76 Å². The average molecular weight is 482 g/mol. The number of carbonyl (C=O) groups excluding carboxylic acids is 2. The number of ether oxygens (including phenoxy) is 1. The molecule has 36 heavy (non-hydrogen) atoms. The standard InChI is InChI=1S/C27H19FN4O4/c28-17-8-10-18(11-9-17)35-16-19-12-13-25(36-19)27(34)32-31-26(33)21-15-24(23-7-3-4-14-29-23)30-22-6-2-1-5-20(21)22/h1-15H,16H2,(H,31,33)(H,32,34). The fraction of sp³-hybridized carbons (Fsp3) is 0.0370. The van der Waals surface area contributed by atoms with Crippen molar-refractivity contribution in [3.8, 4) is 17.1 Å². The fourth-order valence-corrected chi connectivity index (χ4v) is 3.51. The third-order valence-corrected chi connectivity index (χ3v) is 5.26. The highest BCUT2D eigenvalue weighted by Gasteiger charge is 2.17. The van der Waals surface area contributed by atoms with E-state index in [2.05, 4.69) is 20.8 Å². The van der Waals surface area contributed by atoms with E-state index in [1.165, 1.54) is 30.3 Å². The molecule has 3 heterocycles. The summed E-state index contributed by atoms with van der Waals surface area (Å²) >= 11 is 0. The summed E-state index contributed by atoms with van der Waals surface area (Å²) in [6.07, 6.45) is 1.65. The summed E-state index contributed by atoms with van der Waals surface area (Å²) in [5.74, 6) is -0.697. The van der Waals surface area contributed by atoms with Crippen LogP contribution in [0.3, 0.4) is 0 Å². The van der Waals surface area contributed by atoms with Crippen LogP contribution in [0.1, 0.15) is 26.7 Å². The van der Waals surface area contributed by atoms with E-state index in [4.69, 9.17) is 9.15 Å². The lowest BCUT2D eigenvalue weighted by atomic mass is 10.1. The predicted octanol–water partition coefficient (Wildman–Crippen LogP) is 4.68. The highest BCUT2D eigenvalue weighted by atomic mass is 19.1. The number of aromatic nitrogens is 2. The Morgan fingerprint density at radius 2 is 1.64 bits per heavy atom. The SMILES string of the molecule is O=C(NNC(=O)c1cc(-c2ccccn2)nc2ccccc12)c1ccc(COc2ccc(F)cc2)o1. The number of pyridine rings is 2. The van der Waals surface area contributed by atoms with E-state index in [1.807, 2.05) is 12.1 Å². The molecule has 0 unspecified atom stereocenters. The molecule has 9 heteroatoms. The number of furan rings is 1. The highest BCUT2D eigenvalue weighted by Crippen LogP contribution is 2.23. The van der Waals surface area contributed by atoms with E-state index in [1.54, 1.807) is 48.7 Å². The van der Waals surface area contributed by atoms with Crippen molar-refractivity contribution < 1.29 is 23.1 Å². The third kappa shape index (κ3) is 5.05. The largest absolute Gasteiger partial charge is 0.486 e. The van der Waals surface area contributed by atoms with Crippen LogP contribution in [-0.4, -0.2) is 21.8 Å². The number of carbonyl (C=O) groups is 2. The van der Waals surface area contributed by atoms with E-state index in [0.717, 1.165) is 0 Å². The molecule has 8 nitrogen and oxygen atoms in total. The zero-order chi connectivity index (χ0) is 24.9. The van der Waals surface area contributed by atoms with Gasteiger partial charge in [0, 0.05) is 11.6 Å². The summed E-state index contributed by atoms with van der Waals surface area (Å²) in [7, 11) is 0. The number of hydrogen-bond donors (Lipinski definition) is 2. The lowest BCUT2D eigenvalue weighted by Gasteiger charge is -2.10. The minimum absolute atomic E-state index is 0.0123. The van der Waals surface area contributed by atoms with Crippen LogP contribution < -0.4 is 15.6 Å². The Morgan fingerprint density at radius 1 is 0.861 bits per heavy atom. The number of nitrogens with one attached hydrogen (secondary N) is 2. The molecule has 0 fully saturated rings. The van der Waals surface area contributed by atoms with Gasteiger partial charge in [-0.25, -0.2) is 9.37 Å². The molecule has 0 saturated carbocycles. The molecular weight excluding hydrogens is 463 g/mol. The van der Waals surface area contributed by atoms with Crippen molar-refractivity contribution >= 4 is 22.7 Å². The predicted molar refractivity (Wildman–Crippen MR) is 129 cm³/mol. The summed E-state index contributed by atoms with van der Waals surface area (Å²) < 4.78 is 24.0. The minimum atomic E-state index is -0.639. The maximum absolute atomic E-state index is 13.0. The first-order valence-corrected chi connectivity index (χ1v) is 11.0. The summed E-state index contributed by atoms with van der Waals surface area (Å²) in [6.45, 7) is 0.0462. The van der Waals surface area contributed by atoms with Crippen molar-refractivity contribution in [1.29, 1.82) is 0 Å². The molecule has 178 valence electrons. The molecule has 5 aromatic rings. The molecule has 0 spiro atoms. The molecule has 0 atom stereocenters. The van der Waals surface area contributed by atoms with E-state index in [0.29, 0.717) is 39.4 Å². The highest BCUT2D eigenvalue weighted by molar-refractivity contribution is 6.08. The van der Waals surface area contributed by atoms with Gasteiger partial charge in [-0.05, 0) is 60.7 Å². The fourth-order valence-electron chi connectivity index (χ4n) is 3.51. The maximum atomic E-state index is 13.0. The number of fused-ring (bicyclic) bond motifs is 1. The van der Waals surface area contributed by atoms with E-state index in [-0.39, 0.29) is 18.2 Å². The first-order chi connectivity index (χ1) is 17.6. The van der Waals surface area contributed by atoms with Crippen LogP contribution in [-0.2, 0) is 6.61 Å². The first-order valence-electron chi connectivity index (χ1n) is 11.0. The second-order valence-electron chi connectivity index (χ2n) is 7.70. The topological polar surface area (TPSA) is 106 Å². The van der Waals surface area contributed by atoms with E-state index < -0.39 is 11.8 Å². The Balaban J connectivity index is 1.27. The molecule has 0 aliphatic carbocycles. The van der Waals surface area contributed by atoms with Crippen LogP contribution in [0.15, 0.2) is 95.5 Å². The Morgan fingerprint density at radius 3 is 2.44 bits per heavy atom. The maximum Gasteiger partial charge on any atom is 0.305 e. The van der Waals surface area contributed by atoms with Gasteiger partial charge in [-0.15, -0.1) is 0 Å². The zero-order valence-electron chi connectivity index (χ0n) is 18.8.